The van der Waals surface area contributed by atoms with E-state index in [0.29, 0.717) is 42.1 Å². The number of piperidine rings is 1. The maximum Gasteiger partial charge on any atom is 0.253 e. The van der Waals surface area contributed by atoms with Crippen molar-refractivity contribution in [1.29, 1.82) is 0 Å². The van der Waals surface area contributed by atoms with Gasteiger partial charge in [-0.05, 0) is 75.1 Å². The molecule has 3 heterocycles. The SMILES string of the molecule is C=CC(C)(F)C1=CC(C(=O)N2CCC3(CC2)Nc2ccc(Cl)cc2-n2cccc23)=CCC(C)(OC)C1. The molecule has 3 aliphatic rings. The van der Waals surface area contributed by atoms with Crippen LogP contribution in [0, 0.1) is 0 Å². The minimum Gasteiger partial charge on any atom is -0.378 e. The normalized spacial score (nSPS) is 24.4. The first-order chi connectivity index (χ1) is 17.1. The Bertz CT molecular complexity index is 1270. The maximum absolute atomic E-state index is 15.3. The molecule has 2 aliphatic heterocycles. The van der Waals surface area contributed by atoms with E-state index in [-0.39, 0.29) is 11.4 Å². The smallest absolute Gasteiger partial charge is 0.253 e. The fourth-order valence-electron chi connectivity index (χ4n) is 5.62. The highest BCUT2D eigenvalue weighted by Gasteiger charge is 2.43. The average Bonchev–Trinajstić information content (AvgIpc) is 3.31. The van der Waals surface area contributed by atoms with Crippen molar-refractivity contribution in [3.8, 4) is 5.69 Å². The van der Waals surface area contributed by atoms with Crippen LogP contribution < -0.4 is 5.32 Å². The Morgan fingerprint density at radius 2 is 2.06 bits per heavy atom. The number of carbonyl (C=O) groups excluding carboxylic acids is 1. The minimum atomic E-state index is -1.72. The second kappa shape index (κ2) is 8.93. The van der Waals surface area contributed by atoms with Crippen molar-refractivity contribution in [3.05, 3.63) is 83.2 Å². The van der Waals surface area contributed by atoms with Gasteiger partial charge < -0.3 is 19.5 Å². The third-order valence-electron chi connectivity index (χ3n) is 8.14. The molecule has 2 atom stereocenters. The van der Waals surface area contributed by atoms with Crippen LogP contribution in [-0.4, -0.2) is 46.8 Å². The Labute approximate surface area is 217 Å². The van der Waals surface area contributed by atoms with Crippen LogP contribution >= 0.6 is 11.6 Å². The number of allylic oxidation sites excluding steroid dienone is 1. The van der Waals surface area contributed by atoms with Crippen molar-refractivity contribution >= 4 is 23.2 Å². The summed E-state index contributed by atoms with van der Waals surface area (Å²) in [4.78, 5) is 15.5. The molecule has 1 amide bonds. The number of nitrogens with zero attached hydrogens (tertiary/aromatic N) is 2. The summed E-state index contributed by atoms with van der Waals surface area (Å²) in [6.07, 6.45) is 9.41. The Morgan fingerprint density at radius 3 is 2.75 bits per heavy atom. The highest BCUT2D eigenvalue weighted by Crippen LogP contribution is 2.44. The molecule has 1 aliphatic carbocycles. The number of hydrogen-bond donors (Lipinski definition) is 1. The maximum atomic E-state index is 15.3. The van der Waals surface area contributed by atoms with Crippen LogP contribution in [0.2, 0.25) is 5.02 Å². The molecule has 1 N–H and O–H groups in total. The van der Waals surface area contributed by atoms with Crippen LogP contribution in [0.4, 0.5) is 10.1 Å². The Morgan fingerprint density at radius 1 is 1.31 bits per heavy atom. The predicted molar refractivity (Wildman–Crippen MR) is 142 cm³/mol. The van der Waals surface area contributed by atoms with Crippen molar-refractivity contribution in [2.75, 3.05) is 25.5 Å². The van der Waals surface area contributed by atoms with E-state index in [2.05, 4.69) is 34.8 Å². The molecule has 5 rings (SSSR count). The van der Waals surface area contributed by atoms with Crippen LogP contribution in [0.15, 0.2) is 72.5 Å². The molecule has 1 spiro atoms. The molecule has 0 radical (unpaired) electrons. The van der Waals surface area contributed by atoms with Gasteiger partial charge in [-0.1, -0.05) is 30.3 Å². The summed E-state index contributed by atoms with van der Waals surface area (Å²) >= 11 is 6.27. The summed E-state index contributed by atoms with van der Waals surface area (Å²) in [5.74, 6) is -0.0686. The Kier molecular flexibility index (Phi) is 6.16. The topological polar surface area (TPSA) is 46.5 Å². The van der Waals surface area contributed by atoms with E-state index in [1.807, 2.05) is 36.1 Å². The van der Waals surface area contributed by atoms with Crippen molar-refractivity contribution < 1.29 is 13.9 Å². The average molecular weight is 510 g/mol. The zero-order valence-electron chi connectivity index (χ0n) is 21.1. The number of fused-ring (bicyclic) bond motifs is 4. The molecule has 1 aromatic heterocycles. The van der Waals surface area contributed by atoms with Gasteiger partial charge in [-0.2, -0.15) is 0 Å². The van der Waals surface area contributed by atoms with Crippen molar-refractivity contribution in [3.63, 3.8) is 0 Å². The monoisotopic (exact) mass is 509 g/mol. The third kappa shape index (κ3) is 4.20. The summed E-state index contributed by atoms with van der Waals surface area (Å²) in [6.45, 7) is 8.28. The molecule has 5 nitrogen and oxygen atoms in total. The highest BCUT2D eigenvalue weighted by atomic mass is 35.5. The zero-order valence-corrected chi connectivity index (χ0v) is 21.9. The number of anilines is 1. The zero-order chi connectivity index (χ0) is 25.7. The van der Waals surface area contributed by atoms with E-state index in [1.54, 1.807) is 13.2 Å². The fourth-order valence-corrected chi connectivity index (χ4v) is 5.78. The van der Waals surface area contributed by atoms with E-state index in [0.717, 1.165) is 24.2 Å². The van der Waals surface area contributed by atoms with Crippen molar-refractivity contribution in [2.45, 2.75) is 56.3 Å². The summed E-state index contributed by atoms with van der Waals surface area (Å²) in [5, 5.41) is 4.46. The number of methoxy groups -OCH3 is 1. The fraction of sp³-hybridized carbons (Fsp3) is 0.414. The molecule has 0 saturated carbocycles. The molecule has 1 fully saturated rings. The quantitative estimate of drug-likeness (QED) is 0.489. The van der Waals surface area contributed by atoms with Crippen molar-refractivity contribution in [1.82, 2.24) is 9.47 Å². The van der Waals surface area contributed by atoms with E-state index >= 15 is 4.39 Å². The minimum absolute atomic E-state index is 0.0686. The van der Waals surface area contributed by atoms with Gasteiger partial charge in [-0.25, -0.2) is 4.39 Å². The molecule has 36 heavy (non-hydrogen) atoms. The van der Waals surface area contributed by atoms with Gasteiger partial charge in [-0.15, -0.1) is 0 Å². The highest BCUT2D eigenvalue weighted by molar-refractivity contribution is 6.30. The molecule has 1 aromatic carbocycles. The number of halogens is 2. The number of carbonyl (C=O) groups is 1. The predicted octanol–water partition coefficient (Wildman–Crippen LogP) is 6.34. The molecular formula is C29H33ClFN3O2. The lowest BCUT2D eigenvalue weighted by Gasteiger charge is -2.46. The number of hydrogen-bond acceptors (Lipinski definition) is 3. The molecule has 190 valence electrons. The van der Waals surface area contributed by atoms with Crippen LogP contribution in [0.1, 0.15) is 45.2 Å². The van der Waals surface area contributed by atoms with Gasteiger partial charge in [0, 0.05) is 49.1 Å². The third-order valence-corrected chi connectivity index (χ3v) is 8.37. The molecular weight excluding hydrogens is 477 g/mol. The second-order valence-electron chi connectivity index (χ2n) is 10.6. The van der Waals surface area contributed by atoms with Gasteiger partial charge in [0.2, 0.25) is 0 Å². The lowest BCUT2D eigenvalue weighted by Crippen LogP contribution is -2.51. The molecule has 1 saturated heterocycles. The van der Waals surface area contributed by atoms with Gasteiger partial charge in [-0.3, -0.25) is 4.79 Å². The van der Waals surface area contributed by atoms with Crippen LogP contribution in [0.5, 0.6) is 0 Å². The van der Waals surface area contributed by atoms with Gasteiger partial charge in [0.25, 0.3) is 5.91 Å². The van der Waals surface area contributed by atoms with Gasteiger partial charge >= 0.3 is 0 Å². The largest absolute Gasteiger partial charge is 0.378 e. The van der Waals surface area contributed by atoms with Gasteiger partial charge in [0.15, 0.2) is 0 Å². The van der Waals surface area contributed by atoms with E-state index in [4.69, 9.17) is 16.3 Å². The number of alkyl halides is 1. The number of amides is 1. The molecule has 7 heteroatoms. The van der Waals surface area contributed by atoms with E-state index in [1.165, 1.54) is 18.7 Å². The first kappa shape index (κ1) is 24.8. The van der Waals surface area contributed by atoms with Crippen LogP contribution in [0.3, 0.4) is 0 Å². The lowest BCUT2D eigenvalue weighted by atomic mass is 9.82. The number of aromatic nitrogens is 1. The van der Waals surface area contributed by atoms with Gasteiger partial charge in [0.1, 0.15) is 5.67 Å². The van der Waals surface area contributed by atoms with E-state index in [9.17, 15) is 4.79 Å². The summed E-state index contributed by atoms with van der Waals surface area (Å²) in [6, 6.07) is 10.1. The molecule has 2 aromatic rings. The van der Waals surface area contributed by atoms with Crippen LogP contribution in [0.25, 0.3) is 5.69 Å². The summed E-state index contributed by atoms with van der Waals surface area (Å²) in [7, 11) is 1.63. The number of rotatable bonds is 4. The summed E-state index contributed by atoms with van der Waals surface area (Å²) in [5.41, 5.74) is 1.71. The number of nitrogens with one attached hydrogen (secondary N) is 1. The summed E-state index contributed by atoms with van der Waals surface area (Å²) < 4.78 is 23.2. The van der Waals surface area contributed by atoms with E-state index < -0.39 is 11.3 Å². The Hall–Kier alpha value is -2.83. The first-order valence-corrected chi connectivity index (χ1v) is 12.8. The number of likely N-dealkylation sites (tertiary alicyclic amines) is 1. The lowest BCUT2D eigenvalue weighted by molar-refractivity contribution is -0.128. The number of benzene rings is 1. The second-order valence-corrected chi connectivity index (χ2v) is 11.0. The van der Waals surface area contributed by atoms with Gasteiger partial charge in [0.05, 0.1) is 22.5 Å². The first-order valence-electron chi connectivity index (χ1n) is 12.4. The molecule has 0 bridgehead atoms. The molecule has 2 unspecified atom stereocenters. The standard InChI is InChI=1S/C29H33ClFN3O2/c1-5-28(3,31)21-17-20(10-11-27(2,19-21)36-4)26(35)33-15-12-29(13-16-33)25-7-6-14-34(25)24-18-22(30)8-9-23(24)32-29/h5-10,14,17-18,32H,1,11-13,15-16,19H2,2-4H3. The number of ether oxygens (including phenoxy) is 1. The Balaban J connectivity index is 1.39. The van der Waals surface area contributed by atoms with Crippen LogP contribution in [-0.2, 0) is 15.1 Å². The van der Waals surface area contributed by atoms with Crippen molar-refractivity contribution in [2.24, 2.45) is 0 Å².